The average molecular weight is 688 g/mol. The van der Waals surface area contributed by atoms with E-state index in [4.69, 9.17) is 4.74 Å². The predicted molar refractivity (Wildman–Crippen MR) is 187 cm³/mol. The summed E-state index contributed by atoms with van der Waals surface area (Å²) in [6.07, 6.45) is 0.853. The van der Waals surface area contributed by atoms with Crippen molar-refractivity contribution in [3.05, 3.63) is 94.0 Å². The van der Waals surface area contributed by atoms with Crippen molar-refractivity contribution in [2.45, 2.75) is 68.6 Å². The Morgan fingerprint density at radius 3 is 2.35 bits per heavy atom. The average Bonchev–Trinajstić information content (AvgIpc) is 3.63. The van der Waals surface area contributed by atoms with Crippen LogP contribution in [0.3, 0.4) is 0 Å². The number of para-hydroxylation sites is 1. The monoisotopic (exact) mass is 687 g/mol. The summed E-state index contributed by atoms with van der Waals surface area (Å²) in [7, 11) is -3.41. The second-order valence-electron chi connectivity index (χ2n) is 14.2. The Hall–Kier alpha value is -4.17. The van der Waals surface area contributed by atoms with Gasteiger partial charge in [0.15, 0.2) is 5.60 Å². The van der Waals surface area contributed by atoms with Gasteiger partial charge in [0.2, 0.25) is 8.41 Å². The quantitative estimate of drug-likeness (QED) is 0.143. The molecule has 0 aromatic heterocycles. The number of aliphatic hydroxyl groups excluding tert-OH is 1. The minimum atomic E-state index is -3.41. The minimum absolute atomic E-state index is 0.0662. The number of hydrogen-bond donors (Lipinski definition) is 2. The number of fused-ring (bicyclic) bond motifs is 2. The third kappa shape index (κ3) is 5.25. The summed E-state index contributed by atoms with van der Waals surface area (Å²) in [6.45, 7) is 6.78. The van der Waals surface area contributed by atoms with E-state index in [1.54, 1.807) is 31.0 Å². The van der Waals surface area contributed by atoms with E-state index >= 15 is 4.11 Å². The predicted octanol–water partition coefficient (Wildman–Crippen LogP) is 5.23. The molecule has 3 aromatic rings. The van der Waals surface area contributed by atoms with Gasteiger partial charge in [-0.05, 0) is 81.3 Å². The van der Waals surface area contributed by atoms with Gasteiger partial charge in [0, 0.05) is 47.1 Å². The molecule has 0 saturated carbocycles. The van der Waals surface area contributed by atoms with Gasteiger partial charge in [-0.2, -0.15) is 0 Å². The van der Waals surface area contributed by atoms with E-state index in [0.29, 0.717) is 30.8 Å². The molecule has 7 rings (SSSR count). The maximum absolute atomic E-state index is 15.9. The number of benzene rings is 3. The Bertz CT molecular complexity index is 1770. The molecule has 4 aliphatic heterocycles. The first-order valence-corrected chi connectivity index (χ1v) is 19.9. The number of carbonyl (C=O) groups excluding carboxylic acids is 2. The Labute approximate surface area is 286 Å². The Balaban J connectivity index is 1.20. The van der Waals surface area contributed by atoms with E-state index in [9.17, 15) is 24.8 Å². The van der Waals surface area contributed by atoms with E-state index in [1.807, 2.05) is 59.5 Å². The zero-order valence-corrected chi connectivity index (χ0v) is 29.0. The normalized spacial score (nSPS) is 26.3. The number of aliphatic hydroxyl groups is 1. The van der Waals surface area contributed by atoms with Crippen LogP contribution in [0.2, 0.25) is 18.6 Å². The molecule has 0 aliphatic carbocycles. The Morgan fingerprint density at radius 1 is 1.02 bits per heavy atom. The van der Waals surface area contributed by atoms with Crippen molar-refractivity contribution in [1.82, 2.24) is 5.32 Å². The first-order chi connectivity index (χ1) is 23.4. The summed E-state index contributed by atoms with van der Waals surface area (Å²) >= 11 is 0. The number of amides is 2. The number of non-ortho nitro benzene ring substituents is 1. The molecule has 2 amide bonds. The lowest BCUT2D eigenvalue weighted by molar-refractivity contribution is -0.385. The van der Waals surface area contributed by atoms with Gasteiger partial charge >= 0.3 is 0 Å². The van der Waals surface area contributed by atoms with Crippen LogP contribution in [0.5, 0.6) is 0 Å². The molecule has 11 nitrogen and oxygen atoms in total. The molecule has 3 aromatic carbocycles. The van der Waals surface area contributed by atoms with Crippen molar-refractivity contribution in [3.63, 3.8) is 0 Å². The fourth-order valence-electron chi connectivity index (χ4n) is 8.83. The molecule has 4 atom stereocenters. The third-order valence-corrected chi connectivity index (χ3v) is 13.6. The van der Waals surface area contributed by atoms with Gasteiger partial charge in [-0.1, -0.05) is 37.3 Å². The molecule has 13 heteroatoms. The first kappa shape index (κ1) is 33.3. The molecule has 0 unspecified atom stereocenters. The second kappa shape index (κ2) is 12.3. The molecular formula is C36H42FN5O6Si. The van der Waals surface area contributed by atoms with E-state index in [1.165, 1.54) is 12.1 Å². The number of anilines is 3. The SMILES string of the molecule is C[C@@H]1[C@@H]([Si](C)(C)F)[C@H](CCO)O[C@@]12C(=O)N(Cc1ccc(N3CN(c4ccccc4)C4(CCNCC4)C3=O)cc1)c1ccc([N+](=O)[O-])cc12. The number of piperidine rings is 1. The van der Waals surface area contributed by atoms with Gasteiger partial charge < -0.3 is 29.1 Å². The number of nitro groups is 1. The highest BCUT2D eigenvalue weighted by Crippen LogP contribution is 2.60. The molecule has 4 heterocycles. The molecule has 258 valence electrons. The summed E-state index contributed by atoms with van der Waals surface area (Å²) in [5, 5.41) is 25.0. The van der Waals surface area contributed by atoms with Crippen molar-refractivity contribution in [2.75, 3.05) is 41.1 Å². The number of nitrogens with one attached hydrogen (secondary N) is 1. The van der Waals surface area contributed by atoms with E-state index in [-0.39, 0.29) is 31.2 Å². The summed E-state index contributed by atoms with van der Waals surface area (Å²) in [5.41, 5.74) is 0.347. The van der Waals surface area contributed by atoms with Crippen molar-refractivity contribution >= 4 is 43.0 Å². The van der Waals surface area contributed by atoms with Gasteiger partial charge in [-0.15, -0.1) is 0 Å². The lowest BCUT2D eigenvalue weighted by atomic mass is 9.82. The summed E-state index contributed by atoms with van der Waals surface area (Å²) < 4.78 is 22.4. The first-order valence-electron chi connectivity index (χ1n) is 16.9. The maximum atomic E-state index is 15.9. The number of nitro benzene ring substituents is 1. The molecule has 49 heavy (non-hydrogen) atoms. The lowest BCUT2D eigenvalue weighted by Crippen LogP contribution is -2.55. The van der Waals surface area contributed by atoms with Crippen molar-refractivity contribution in [3.8, 4) is 0 Å². The van der Waals surface area contributed by atoms with Crippen LogP contribution in [0.25, 0.3) is 0 Å². The zero-order valence-electron chi connectivity index (χ0n) is 28.0. The summed E-state index contributed by atoms with van der Waals surface area (Å²) in [4.78, 5) is 45.6. The van der Waals surface area contributed by atoms with Gasteiger partial charge in [-0.3, -0.25) is 24.6 Å². The van der Waals surface area contributed by atoms with E-state index in [0.717, 1.165) is 30.0 Å². The fraction of sp³-hybridized carbons (Fsp3) is 0.444. The molecule has 0 radical (unpaired) electrons. The largest absolute Gasteiger partial charge is 0.396 e. The van der Waals surface area contributed by atoms with Gasteiger partial charge in [0.25, 0.3) is 17.5 Å². The number of nitrogens with zero attached hydrogens (tertiary/aromatic N) is 4. The van der Waals surface area contributed by atoms with Crippen LogP contribution < -0.4 is 20.0 Å². The van der Waals surface area contributed by atoms with Crippen LogP contribution >= 0.6 is 0 Å². The third-order valence-electron chi connectivity index (χ3n) is 11.1. The second-order valence-corrected chi connectivity index (χ2v) is 18.0. The van der Waals surface area contributed by atoms with E-state index in [2.05, 4.69) is 10.2 Å². The van der Waals surface area contributed by atoms with Crippen LogP contribution in [0.1, 0.15) is 37.3 Å². The molecule has 0 bridgehead atoms. The highest BCUT2D eigenvalue weighted by Gasteiger charge is 2.67. The Kier molecular flexibility index (Phi) is 8.37. The number of rotatable bonds is 8. The van der Waals surface area contributed by atoms with Crippen molar-refractivity contribution < 1.29 is 28.5 Å². The fourth-order valence-corrected chi connectivity index (χ4v) is 11.4. The zero-order chi connectivity index (χ0) is 34.7. The van der Waals surface area contributed by atoms with Crippen LogP contribution in [0.15, 0.2) is 72.8 Å². The topological polar surface area (TPSA) is 128 Å². The maximum Gasteiger partial charge on any atom is 0.269 e. The van der Waals surface area contributed by atoms with Gasteiger partial charge in [0.1, 0.15) is 5.54 Å². The van der Waals surface area contributed by atoms with Crippen LogP contribution in [0.4, 0.5) is 26.9 Å². The number of hydrogen-bond acceptors (Lipinski definition) is 8. The van der Waals surface area contributed by atoms with Crippen LogP contribution in [-0.2, 0) is 26.5 Å². The summed E-state index contributed by atoms with van der Waals surface area (Å²) in [5.74, 6) is -0.951. The van der Waals surface area contributed by atoms with Gasteiger partial charge in [0.05, 0.1) is 29.9 Å². The number of carbonyl (C=O) groups is 2. The molecule has 3 fully saturated rings. The molecule has 2 N–H and O–H groups in total. The van der Waals surface area contributed by atoms with Crippen molar-refractivity contribution in [1.29, 1.82) is 0 Å². The molecule has 3 saturated heterocycles. The highest BCUT2D eigenvalue weighted by molar-refractivity contribution is 6.72. The Morgan fingerprint density at radius 2 is 1.71 bits per heavy atom. The van der Waals surface area contributed by atoms with Gasteiger partial charge in [-0.25, -0.2) is 0 Å². The number of ether oxygens (including phenoxy) is 1. The highest BCUT2D eigenvalue weighted by atomic mass is 28.4. The smallest absolute Gasteiger partial charge is 0.269 e. The van der Waals surface area contributed by atoms with Crippen LogP contribution in [0, 0.1) is 16.0 Å². The molecular weight excluding hydrogens is 646 g/mol. The summed E-state index contributed by atoms with van der Waals surface area (Å²) in [6, 6.07) is 21.9. The standard InChI is InChI=1S/C36H42FN5O6Si/c1-24-32(49(2,3)37)31(15-20-43)48-36(24)29-21-28(42(46)47)13-14-30(29)39(34(36)45)22-25-9-11-26(12-10-25)40-23-41(27-7-5-4-6-8-27)35(33(40)44)16-18-38-19-17-35/h4-14,21,24,31-32,38,43H,15-20,22-23H2,1-3H3/t24-,31+,32-,36+/m1/s1. The molecule has 2 spiro atoms. The van der Waals surface area contributed by atoms with E-state index < -0.39 is 47.9 Å². The van der Waals surface area contributed by atoms with Crippen LogP contribution in [-0.4, -0.2) is 68.3 Å². The van der Waals surface area contributed by atoms with Crippen molar-refractivity contribution in [2.24, 2.45) is 5.92 Å². The minimum Gasteiger partial charge on any atom is -0.396 e. The lowest BCUT2D eigenvalue weighted by Gasteiger charge is -2.39. The molecule has 4 aliphatic rings. The number of halogens is 1.